The van der Waals surface area contributed by atoms with E-state index in [1.165, 1.54) is 11.9 Å². The number of hydrogen-bond donors (Lipinski definition) is 1. The molecule has 0 aromatic heterocycles. The summed E-state index contributed by atoms with van der Waals surface area (Å²) in [7, 11) is 1.44. The minimum atomic E-state index is -4.59. The van der Waals surface area contributed by atoms with Gasteiger partial charge in [-0.1, -0.05) is 31.5 Å². The van der Waals surface area contributed by atoms with E-state index < -0.39 is 29.7 Å². The second-order valence-corrected chi connectivity index (χ2v) is 7.50. The number of nitrogens with zero attached hydrogens (tertiary/aromatic N) is 1. The number of nitrogens with one attached hydrogen (secondary N) is 1. The first-order chi connectivity index (χ1) is 16.0. The molecule has 2 aromatic carbocycles. The Morgan fingerprint density at radius 1 is 1.09 bits per heavy atom. The molecule has 0 aliphatic heterocycles. The molecule has 0 heterocycles. The van der Waals surface area contributed by atoms with Crippen molar-refractivity contribution in [1.29, 1.82) is 0 Å². The van der Waals surface area contributed by atoms with Crippen LogP contribution in [0.15, 0.2) is 42.5 Å². The first kappa shape index (κ1) is 26.7. The molecule has 0 spiro atoms. The van der Waals surface area contributed by atoms with Gasteiger partial charge in [0.05, 0.1) is 12.2 Å². The van der Waals surface area contributed by atoms with Crippen molar-refractivity contribution in [1.82, 2.24) is 10.2 Å². The molecule has 2 aromatic rings. The van der Waals surface area contributed by atoms with Crippen LogP contribution in [0.1, 0.15) is 37.8 Å². The Hall–Kier alpha value is -3.56. The minimum Gasteiger partial charge on any atom is -0.449 e. The predicted molar refractivity (Wildman–Crippen MR) is 119 cm³/mol. The molecule has 0 saturated heterocycles. The van der Waals surface area contributed by atoms with Crippen LogP contribution in [0.5, 0.6) is 5.75 Å². The Balaban J connectivity index is 2.40. The van der Waals surface area contributed by atoms with E-state index in [-0.39, 0.29) is 31.0 Å². The summed E-state index contributed by atoms with van der Waals surface area (Å²) in [6.45, 7) is 3.02. The van der Waals surface area contributed by atoms with Gasteiger partial charge in [0.1, 0.15) is 12.3 Å². The Morgan fingerprint density at radius 2 is 1.82 bits per heavy atom. The highest BCUT2D eigenvalue weighted by molar-refractivity contribution is 5.82. The number of rotatable bonds is 9. The van der Waals surface area contributed by atoms with Gasteiger partial charge in [0.15, 0.2) is 0 Å². The van der Waals surface area contributed by atoms with E-state index in [2.05, 4.69) is 5.32 Å². The van der Waals surface area contributed by atoms with E-state index in [1.54, 1.807) is 24.3 Å². The fraction of sp³-hybridized carbons (Fsp3) is 0.375. The summed E-state index contributed by atoms with van der Waals surface area (Å²) in [4.78, 5) is 37.1. The van der Waals surface area contributed by atoms with Gasteiger partial charge in [-0.3, -0.25) is 14.5 Å². The van der Waals surface area contributed by atoms with Crippen molar-refractivity contribution in [3.8, 4) is 16.9 Å². The number of hydrogen-bond acceptors (Lipinski definition) is 5. The minimum absolute atomic E-state index is 0.0198. The Kier molecular flexibility index (Phi) is 9.47. The third-order valence-corrected chi connectivity index (χ3v) is 4.77. The number of ether oxygens (including phenoxy) is 2. The number of benzene rings is 2. The van der Waals surface area contributed by atoms with Crippen LogP contribution < -0.4 is 10.1 Å². The summed E-state index contributed by atoms with van der Waals surface area (Å²) in [6.07, 6.45) is -3.77. The summed E-state index contributed by atoms with van der Waals surface area (Å²) in [5.41, 5.74) is 0.0546. The zero-order valence-electron chi connectivity index (χ0n) is 19.2. The molecule has 0 bridgehead atoms. The summed E-state index contributed by atoms with van der Waals surface area (Å²) in [5.74, 6) is -1.11. The van der Waals surface area contributed by atoms with Gasteiger partial charge in [-0.2, -0.15) is 13.2 Å². The molecular formula is C24H27F3N2O5. The molecule has 0 fully saturated rings. The van der Waals surface area contributed by atoms with Gasteiger partial charge in [0.2, 0.25) is 5.91 Å². The quantitative estimate of drug-likeness (QED) is 0.317. The molecular weight excluding hydrogens is 453 g/mol. The van der Waals surface area contributed by atoms with E-state index in [4.69, 9.17) is 9.47 Å². The van der Waals surface area contributed by atoms with Crippen LogP contribution in [0.3, 0.4) is 0 Å². The molecule has 0 aliphatic rings. The van der Waals surface area contributed by atoms with Crippen molar-refractivity contribution in [2.45, 2.75) is 39.4 Å². The predicted octanol–water partition coefficient (Wildman–Crippen LogP) is 4.78. The molecule has 2 amide bonds. The van der Waals surface area contributed by atoms with Crippen LogP contribution in [0.2, 0.25) is 0 Å². The highest BCUT2D eigenvalue weighted by Gasteiger charge is 2.31. The van der Waals surface area contributed by atoms with Gasteiger partial charge in [-0.15, -0.1) is 0 Å². The maximum Gasteiger partial charge on any atom is 0.416 e. The number of unbranched alkanes of at least 4 members (excludes halogenated alkanes) is 1. The lowest BCUT2D eigenvalue weighted by atomic mass is 9.99. The van der Waals surface area contributed by atoms with Crippen molar-refractivity contribution in [2.75, 3.05) is 20.2 Å². The number of likely N-dealkylation sites (N-methyl/N-ethyl adjacent to an activating group) is 1. The topological polar surface area (TPSA) is 84.9 Å². The van der Waals surface area contributed by atoms with Crippen LogP contribution in [0.25, 0.3) is 11.1 Å². The summed E-state index contributed by atoms with van der Waals surface area (Å²) in [5, 5.41) is 2.44. The van der Waals surface area contributed by atoms with Gasteiger partial charge >= 0.3 is 18.2 Å². The van der Waals surface area contributed by atoms with E-state index in [0.717, 1.165) is 31.5 Å². The number of alkyl halides is 3. The highest BCUT2D eigenvalue weighted by Crippen LogP contribution is 2.37. The van der Waals surface area contributed by atoms with E-state index >= 15 is 0 Å². The monoisotopic (exact) mass is 480 g/mol. The van der Waals surface area contributed by atoms with E-state index in [9.17, 15) is 27.6 Å². The SMILES string of the molecule is CCCCOC(=O)N(CC(=O)NC)Cc1cccc(-c2cc(C(F)(F)F)ccc2OC(C)=O)c1. The van der Waals surface area contributed by atoms with Gasteiger partial charge in [0.25, 0.3) is 0 Å². The molecule has 0 saturated carbocycles. The summed E-state index contributed by atoms with van der Waals surface area (Å²) in [6, 6.07) is 9.23. The van der Waals surface area contributed by atoms with Crippen LogP contribution >= 0.6 is 0 Å². The third kappa shape index (κ3) is 7.79. The average molecular weight is 480 g/mol. The molecule has 1 N–H and O–H groups in total. The second kappa shape index (κ2) is 12.1. The summed E-state index contributed by atoms with van der Waals surface area (Å²) < 4.78 is 50.2. The lowest BCUT2D eigenvalue weighted by Gasteiger charge is -2.22. The lowest BCUT2D eigenvalue weighted by Crippen LogP contribution is -2.39. The van der Waals surface area contributed by atoms with Crippen molar-refractivity contribution in [3.05, 3.63) is 53.6 Å². The number of halogens is 3. The standard InChI is InChI=1S/C24H27F3N2O5/c1-4-5-11-33-23(32)29(15-22(31)28-3)14-17-7-6-8-18(12-17)20-13-19(24(25,26)27)9-10-21(20)34-16(2)30/h6-10,12-13H,4-5,11,14-15H2,1-3H3,(H,28,31). The van der Waals surface area contributed by atoms with Gasteiger partial charge in [0, 0.05) is 26.1 Å². The van der Waals surface area contributed by atoms with Crippen molar-refractivity contribution >= 4 is 18.0 Å². The first-order valence-corrected chi connectivity index (χ1v) is 10.7. The van der Waals surface area contributed by atoms with E-state index in [1.807, 2.05) is 6.92 Å². The van der Waals surface area contributed by atoms with Crippen molar-refractivity contribution < 1.29 is 37.0 Å². The zero-order valence-corrected chi connectivity index (χ0v) is 19.2. The zero-order chi connectivity index (χ0) is 25.3. The van der Waals surface area contributed by atoms with Gasteiger partial charge < -0.3 is 14.8 Å². The number of carbonyl (C=O) groups excluding carboxylic acids is 3. The second-order valence-electron chi connectivity index (χ2n) is 7.50. The van der Waals surface area contributed by atoms with Crippen LogP contribution in [0.4, 0.5) is 18.0 Å². The number of amides is 2. The Bertz CT molecular complexity index is 1020. The molecule has 0 radical (unpaired) electrons. The molecule has 0 atom stereocenters. The molecule has 0 aliphatic carbocycles. The van der Waals surface area contributed by atoms with Crippen LogP contribution in [0, 0.1) is 0 Å². The molecule has 34 heavy (non-hydrogen) atoms. The lowest BCUT2D eigenvalue weighted by molar-refractivity contribution is -0.137. The maximum atomic E-state index is 13.3. The van der Waals surface area contributed by atoms with Gasteiger partial charge in [-0.05, 0) is 41.8 Å². The first-order valence-electron chi connectivity index (χ1n) is 10.7. The number of carbonyl (C=O) groups is 3. The third-order valence-electron chi connectivity index (χ3n) is 4.77. The smallest absolute Gasteiger partial charge is 0.416 e. The summed E-state index contributed by atoms with van der Waals surface area (Å²) >= 11 is 0. The molecule has 184 valence electrons. The van der Waals surface area contributed by atoms with Crippen LogP contribution in [-0.2, 0) is 27.0 Å². The fourth-order valence-electron chi connectivity index (χ4n) is 3.07. The maximum absolute atomic E-state index is 13.3. The van der Waals surface area contributed by atoms with Crippen LogP contribution in [-0.4, -0.2) is 43.1 Å². The highest BCUT2D eigenvalue weighted by atomic mass is 19.4. The van der Waals surface area contributed by atoms with E-state index in [0.29, 0.717) is 17.5 Å². The number of esters is 1. The Labute approximate surface area is 195 Å². The largest absolute Gasteiger partial charge is 0.449 e. The fourth-order valence-corrected chi connectivity index (χ4v) is 3.07. The average Bonchev–Trinajstić information content (AvgIpc) is 2.78. The molecule has 0 unspecified atom stereocenters. The molecule has 10 heteroatoms. The van der Waals surface area contributed by atoms with Gasteiger partial charge in [-0.25, -0.2) is 4.79 Å². The van der Waals surface area contributed by atoms with Crippen molar-refractivity contribution in [3.63, 3.8) is 0 Å². The Morgan fingerprint density at radius 3 is 2.44 bits per heavy atom. The van der Waals surface area contributed by atoms with Crippen molar-refractivity contribution in [2.24, 2.45) is 0 Å². The molecule has 7 nitrogen and oxygen atoms in total. The normalized spacial score (nSPS) is 11.0. The molecule has 2 rings (SSSR count).